The van der Waals surface area contributed by atoms with Crippen LogP contribution in [0.1, 0.15) is 57.7 Å². The minimum atomic E-state index is -0.798. The number of Topliss-reactive ketones (excluding diaryl/α,β-unsaturated/α-hetero) is 1. The SMILES string of the molecule is CCCCOc1ccc(C2/C(=C(\O)c3ccc4c(c3)OCCO4)C(=O)C(=O)N2CCN(CC)CC)cc1OCC. The van der Waals surface area contributed by atoms with Crippen molar-refractivity contribution in [2.24, 2.45) is 0 Å². The van der Waals surface area contributed by atoms with Gasteiger partial charge in [-0.15, -0.1) is 0 Å². The fourth-order valence-corrected chi connectivity index (χ4v) is 5.00. The number of carbonyl (C=O) groups is 2. The first-order valence-electron chi connectivity index (χ1n) is 14.2. The molecule has 2 aliphatic rings. The van der Waals surface area contributed by atoms with Gasteiger partial charge in [-0.2, -0.15) is 0 Å². The van der Waals surface area contributed by atoms with Gasteiger partial charge in [0, 0.05) is 18.7 Å². The fraction of sp³-hybridized carbons (Fsp3) is 0.484. The van der Waals surface area contributed by atoms with Crippen molar-refractivity contribution in [1.29, 1.82) is 0 Å². The van der Waals surface area contributed by atoms with Gasteiger partial charge in [0.2, 0.25) is 0 Å². The standard InChI is InChI=1S/C31H40N2O7/c1-5-9-16-38-23-12-10-21(19-25(23)37-8-4)28-27(30(35)31(36)33(28)15-14-32(6-2)7-3)29(34)22-11-13-24-26(20-22)40-18-17-39-24/h10-13,19-20,28,34H,5-9,14-18H2,1-4H3/b29-27+. The summed E-state index contributed by atoms with van der Waals surface area (Å²) in [6.07, 6.45) is 1.91. The summed E-state index contributed by atoms with van der Waals surface area (Å²) >= 11 is 0. The van der Waals surface area contributed by atoms with E-state index in [-0.39, 0.29) is 11.3 Å². The van der Waals surface area contributed by atoms with E-state index in [1.54, 1.807) is 23.1 Å². The van der Waals surface area contributed by atoms with E-state index in [0.29, 0.717) is 73.6 Å². The Morgan fingerprint density at radius 3 is 2.42 bits per heavy atom. The molecule has 9 nitrogen and oxygen atoms in total. The zero-order chi connectivity index (χ0) is 28.6. The number of likely N-dealkylation sites (tertiary alicyclic amines) is 1. The Balaban J connectivity index is 1.80. The number of benzene rings is 2. The minimum absolute atomic E-state index is 0.0309. The van der Waals surface area contributed by atoms with E-state index in [4.69, 9.17) is 18.9 Å². The summed E-state index contributed by atoms with van der Waals surface area (Å²) in [5, 5.41) is 11.5. The van der Waals surface area contributed by atoms with Crippen molar-refractivity contribution in [1.82, 2.24) is 9.80 Å². The van der Waals surface area contributed by atoms with Gasteiger partial charge in [0.15, 0.2) is 23.0 Å². The van der Waals surface area contributed by atoms with Crippen LogP contribution in [0.15, 0.2) is 42.0 Å². The maximum atomic E-state index is 13.5. The molecule has 2 aliphatic heterocycles. The molecule has 4 rings (SSSR count). The maximum absolute atomic E-state index is 13.5. The quantitative estimate of drug-likeness (QED) is 0.164. The molecule has 1 fully saturated rings. The fourth-order valence-electron chi connectivity index (χ4n) is 5.00. The van der Waals surface area contributed by atoms with E-state index >= 15 is 0 Å². The smallest absolute Gasteiger partial charge is 0.295 e. The Kier molecular flexibility index (Phi) is 9.93. The summed E-state index contributed by atoms with van der Waals surface area (Å²) in [5.41, 5.74) is 1.06. The number of hydrogen-bond acceptors (Lipinski definition) is 8. The van der Waals surface area contributed by atoms with E-state index in [0.717, 1.165) is 25.9 Å². The first-order chi connectivity index (χ1) is 19.4. The molecule has 1 saturated heterocycles. The number of rotatable bonds is 13. The lowest BCUT2D eigenvalue weighted by Crippen LogP contribution is -2.38. The molecule has 1 amide bonds. The van der Waals surface area contributed by atoms with Crippen molar-refractivity contribution in [3.05, 3.63) is 53.1 Å². The van der Waals surface area contributed by atoms with E-state index in [1.165, 1.54) is 0 Å². The molecule has 0 bridgehead atoms. The number of hydrogen-bond donors (Lipinski definition) is 1. The summed E-state index contributed by atoms with van der Waals surface area (Å²) in [4.78, 5) is 30.7. The van der Waals surface area contributed by atoms with Crippen molar-refractivity contribution >= 4 is 17.4 Å². The van der Waals surface area contributed by atoms with Crippen LogP contribution in [0, 0.1) is 0 Å². The normalized spacial score (nSPS) is 17.9. The number of ketones is 1. The predicted molar refractivity (Wildman–Crippen MR) is 152 cm³/mol. The second-order valence-corrected chi connectivity index (χ2v) is 9.72. The third-order valence-corrected chi connectivity index (χ3v) is 7.25. The van der Waals surface area contributed by atoms with Gasteiger partial charge in [-0.1, -0.05) is 33.3 Å². The van der Waals surface area contributed by atoms with Gasteiger partial charge in [-0.05, 0) is 62.3 Å². The number of nitrogens with zero attached hydrogens (tertiary/aromatic N) is 2. The number of likely N-dealkylation sites (N-methyl/N-ethyl adjacent to an activating group) is 1. The highest BCUT2D eigenvalue weighted by Gasteiger charge is 2.46. The molecule has 40 heavy (non-hydrogen) atoms. The highest BCUT2D eigenvalue weighted by atomic mass is 16.6. The van der Waals surface area contributed by atoms with Crippen molar-refractivity contribution in [2.75, 3.05) is 52.6 Å². The Morgan fingerprint density at radius 1 is 0.975 bits per heavy atom. The lowest BCUT2D eigenvalue weighted by molar-refractivity contribution is -0.140. The number of aliphatic hydroxyl groups is 1. The predicted octanol–water partition coefficient (Wildman–Crippen LogP) is 4.80. The molecule has 0 spiro atoms. The van der Waals surface area contributed by atoms with E-state index in [1.807, 2.05) is 25.1 Å². The first-order valence-corrected chi connectivity index (χ1v) is 14.2. The molecule has 0 aromatic heterocycles. The average molecular weight is 553 g/mol. The van der Waals surface area contributed by atoms with Crippen LogP contribution in [0.3, 0.4) is 0 Å². The van der Waals surface area contributed by atoms with Gasteiger partial charge in [0.25, 0.3) is 11.7 Å². The van der Waals surface area contributed by atoms with E-state index in [9.17, 15) is 14.7 Å². The number of amides is 1. The third kappa shape index (κ3) is 6.20. The summed E-state index contributed by atoms with van der Waals surface area (Å²) in [5.74, 6) is 0.562. The number of aliphatic hydroxyl groups excluding tert-OH is 1. The number of unbranched alkanes of at least 4 members (excludes halogenated alkanes) is 1. The van der Waals surface area contributed by atoms with Crippen LogP contribution in [0.5, 0.6) is 23.0 Å². The Hall–Kier alpha value is -3.72. The Labute approximate surface area is 236 Å². The number of ether oxygens (including phenoxy) is 4. The second-order valence-electron chi connectivity index (χ2n) is 9.72. The monoisotopic (exact) mass is 552 g/mol. The topological polar surface area (TPSA) is 97.8 Å². The first kappa shape index (κ1) is 29.3. The summed E-state index contributed by atoms with van der Waals surface area (Å²) < 4.78 is 23.1. The summed E-state index contributed by atoms with van der Waals surface area (Å²) in [7, 11) is 0. The maximum Gasteiger partial charge on any atom is 0.295 e. The lowest BCUT2D eigenvalue weighted by Gasteiger charge is -2.28. The molecule has 2 aromatic rings. The van der Waals surface area contributed by atoms with Gasteiger partial charge in [0.05, 0.1) is 24.8 Å². The van der Waals surface area contributed by atoms with Crippen LogP contribution in [0.25, 0.3) is 5.76 Å². The van der Waals surface area contributed by atoms with Gasteiger partial charge < -0.3 is 33.9 Å². The van der Waals surface area contributed by atoms with Crippen LogP contribution in [0.2, 0.25) is 0 Å². The molecule has 1 N–H and O–H groups in total. The van der Waals surface area contributed by atoms with Gasteiger partial charge in [0.1, 0.15) is 19.0 Å². The van der Waals surface area contributed by atoms with Crippen molar-refractivity contribution in [3.8, 4) is 23.0 Å². The molecule has 1 unspecified atom stereocenters. The van der Waals surface area contributed by atoms with E-state index in [2.05, 4.69) is 25.7 Å². The molecule has 1 atom stereocenters. The van der Waals surface area contributed by atoms with Crippen molar-refractivity contribution in [3.63, 3.8) is 0 Å². The Bertz CT molecular complexity index is 1240. The largest absolute Gasteiger partial charge is 0.507 e. The Morgan fingerprint density at radius 2 is 1.73 bits per heavy atom. The number of fused-ring (bicyclic) bond motifs is 1. The molecule has 2 aromatic carbocycles. The second kappa shape index (κ2) is 13.6. The molecular formula is C31H40N2O7. The number of carbonyl (C=O) groups excluding carboxylic acids is 2. The molecule has 9 heteroatoms. The highest BCUT2D eigenvalue weighted by molar-refractivity contribution is 6.46. The molecule has 216 valence electrons. The average Bonchev–Trinajstić information content (AvgIpc) is 3.23. The zero-order valence-electron chi connectivity index (χ0n) is 23.9. The van der Waals surface area contributed by atoms with Gasteiger partial charge >= 0.3 is 0 Å². The highest BCUT2D eigenvalue weighted by Crippen LogP contribution is 2.43. The van der Waals surface area contributed by atoms with Crippen LogP contribution >= 0.6 is 0 Å². The van der Waals surface area contributed by atoms with Crippen LogP contribution in [0.4, 0.5) is 0 Å². The van der Waals surface area contributed by atoms with Crippen molar-refractivity contribution in [2.45, 2.75) is 46.6 Å². The lowest BCUT2D eigenvalue weighted by atomic mass is 9.94. The zero-order valence-corrected chi connectivity index (χ0v) is 23.9. The van der Waals surface area contributed by atoms with Gasteiger partial charge in [-0.3, -0.25) is 9.59 Å². The molecule has 0 aliphatic carbocycles. The minimum Gasteiger partial charge on any atom is -0.507 e. The van der Waals surface area contributed by atoms with Gasteiger partial charge in [-0.25, -0.2) is 0 Å². The molecule has 0 saturated carbocycles. The summed E-state index contributed by atoms with van der Waals surface area (Å²) in [6, 6.07) is 9.66. The van der Waals surface area contributed by atoms with Crippen LogP contribution in [-0.2, 0) is 9.59 Å². The van der Waals surface area contributed by atoms with E-state index < -0.39 is 17.7 Å². The molecule has 2 heterocycles. The van der Waals surface area contributed by atoms with Crippen LogP contribution < -0.4 is 18.9 Å². The third-order valence-electron chi connectivity index (χ3n) is 7.25. The van der Waals surface area contributed by atoms with Crippen molar-refractivity contribution < 1.29 is 33.6 Å². The van der Waals surface area contributed by atoms with Crippen LogP contribution in [-0.4, -0.2) is 79.2 Å². The molecular weight excluding hydrogens is 512 g/mol. The molecule has 0 radical (unpaired) electrons. The summed E-state index contributed by atoms with van der Waals surface area (Å²) in [6.45, 7) is 12.5.